The second-order valence-electron chi connectivity index (χ2n) is 5.90. The van der Waals surface area contributed by atoms with Crippen LogP contribution in [-0.2, 0) is 9.59 Å². The van der Waals surface area contributed by atoms with Crippen LogP contribution in [0.15, 0.2) is 0 Å². The van der Waals surface area contributed by atoms with E-state index in [0.717, 1.165) is 13.0 Å². The van der Waals surface area contributed by atoms with E-state index in [4.69, 9.17) is 0 Å². The van der Waals surface area contributed by atoms with Crippen LogP contribution >= 0.6 is 0 Å². The highest BCUT2D eigenvalue weighted by molar-refractivity contribution is 5.84. The highest BCUT2D eigenvalue weighted by Crippen LogP contribution is 2.39. The predicted octanol–water partition coefficient (Wildman–Crippen LogP) is 0.650. The maximum Gasteiger partial charge on any atom is 0.311 e. The molecule has 0 saturated carbocycles. The van der Waals surface area contributed by atoms with Crippen molar-refractivity contribution in [3.8, 4) is 0 Å². The van der Waals surface area contributed by atoms with Gasteiger partial charge in [-0.1, -0.05) is 13.8 Å². The van der Waals surface area contributed by atoms with Gasteiger partial charge in [0.1, 0.15) is 0 Å². The van der Waals surface area contributed by atoms with Crippen molar-refractivity contribution in [1.29, 1.82) is 0 Å². The minimum atomic E-state index is -0.723. The maximum absolute atomic E-state index is 12.0. The molecule has 0 aliphatic carbocycles. The Kier molecular flexibility index (Phi) is 3.36. The summed E-state index contributed by atoms with van der Waals surface area (Å²) in [5.74, 6) is -0.493. The summed E-state index contributed by atoms with van der Waals surface area (Å²) in [6.45, 7) is 5.92. The summed E-state index contributed by atoms with van der Waals surface area (Å²) in [6, 6.07) is -0.102. The van der Waals surface area contributed by atoms with Crippen LogP contribution in [0, 0.1) is 11.3 Å². The summed E-state index contributed by atoms with van der Waals surface area (Å²) < 4.78 is 0. The fourth-order valence-electron chi connectivity index (χ4n) is 3.17. The number of likely N-dealkylation sites (tertiary alicyclic amines) is 2. The molecule has 102 valence electrons. The van der Waals surface area contributed by atoms with E-state index in [-0.39, 0.29) is 17.9 Å². The molecule has 2 aliphatic rings. The largest absolute Gasteiger partial charge is 0.481 e. The monoisotopic (exact) mass is 254 g/mol. The van der Waals surface area contributed by atoms with Crippen LogP contribution in [0.2, 0.25) is 0 Å². The Labute approximate surface area is 108 Å². The number of rotatable bonds is 3. The number of hydrogen-bond donors (Lipinski definition) is 1. The normalized spacial score (nSPS) is 33.7. The molecule has 5 heteroatoms. The number of likely N-dealkylation sites (N-methyl/N-ethyl adjacent to an activating group) is 1. The van der Waals surface area contributed by atoms with Gasteiger partial charge >= 0.3 is 5.97 Å². The van der Waals surface area contributed by atoms with Gasteiger partial charge in [-0.25, -0.2) is 0 Å². The number of carboxylic acid groups (broad SMARTS) is 1. The molecule has 1 N–H and O–H groups in total. The first-order valence-corrected chi connectivity index (χ1v) is 6.61. The van der Waals surface area contributed by atoms with E-state index < -0.39 is 11.4 Å². The SMILES string of the molecule is CC(C)C1(C(=O)O)CCN(C2CCN(C)C2=O)C1. The van der Waals surface area contributed by atoms with Gasteiger partial charge in [-0.05, 0) is 18.8 Å². The van der Waals surface area contributed by atoms with Gasteiger partial charge in [0, 0.05) is 26.7 Å². The first kappa shape index (κ1) is 13.3. The van der Waals surface area contributed by atoms with E-state index in [1.54, 1.807) is 4.90 Å². The molecule has 2 unspecified atom stereocenters. The van der Waals surface area contributed by atoms with Crippen LogP contribution in [0.5, 0.6) is 0 Å². The van der Waals surface area contributed by atoms with Gasteiger partial charge in [0.15, 0.2) is 0 Å². The predicted molar refractivity (Wildman–Crippen MR) is 67.1 cm³/mol. The summed E-state index contributed by atoms with van der Waals surface area (Å²) in [5.41, 5.74) is -0.679. The van der Waals surface area contributed by atoms with Crippen LogP contribution in [0.1, 0.15) is 26.7 Å². The first-order valence-electron chi connectivity index (χ1n) is 6.61. The zero-order chi connectivity index (χ0) is 13.5. The van der Waals surface area contributed by atoms with Gasteiger partial charge < -0.3 is 10.0 Å². The van der Waals surface area contributed by atoms with E-state index in [9.17, 15) is 14.7 Å². The molecule has 0 aromatic heterocycles. The zero-order valence-corrected chi connectivity index (χ0v) is 11.3. The Balaban J connectivity index is 2.12. The fraction of sp³-hybridized carbons (Fsp3) is 0.846. The lowest BCUT2D eigenvalue weighted by atomic mass is 9.76. The Morgan fingerprint density at radius 3 is 2.50 bits per heavy atom. The van der Waals surface area contributed by atoms with Crippen molar-refractivity contribution >= 4 is 11.9 Å². The van der Waals surface area contributed by atoms with Crippen molar-refractivity contribution in [2.45, 2.75) is 32.7 Å². The van der Waals surface area contributed by atoms with Crippen LogP contribution in [0.3, 0.4) is 0 Å². The maximum atomic E-state index is 12.0. The van der Waals surface area contributed by atoms with Crippen LogP contribution < -0.4 is 0 Å². The first-order chi connectivity index (χ1) is 8.38. The fourth-order valence-corrected chi connectivity index (χ4v) is 3.17. The minimum absolute atomic E-state index is 0.0919. The molecule has 0 bridgehead atoms. The van der Waals surface area contributed by atoms with Gasteiger partial charge in [0.2, 0.25) is 5.91 Å². The Morgan fingerprint density at radius 1 is 1.44 bits per heavy atom. The lowest BCUT2D eigenvalue weighted by molar-refractivity contribution is -0.151. The van der Waals surface area contributed by atoms with Crippen molar-refractivity contribution in [2.24, 2.45) is 11.3 Å². The summed E-state index contributed by atoms with van der Waals surface area (Å²) >= 11 is 0. The Bertz CT molecular complexity index is 369. The van der Waals surface area contributed by atoms with Crippen molar-refractivity contribution in [2.75, 3.05) is 26.7 Å². The van der Waals surface area contributed by atoms with Crippen LogP contribution in [0.25, 0.3) is 0 Å². The Morgan fingerprint density at radius 2 is 2.11 bits per heavy atom. The van der Waals surface area contributed by atoms with Crippen LogP contribution in [-0.4, -0.2) is 59.5 Å². The number of carbonyl (C=O) groups is 2. The minimum Gasteiger partial charge on any atom is -0.481 e. The van der Waals surface area contributed by atoms with Crippen LogP contribution in [0.4, 0.5) is 0 Å². The second kappa shape index (κ2) is 4.53. The standard InChI is InChI=1S/C13H22N2O3/c1-9(2)13(12(17)18)5-7-15(8-13)10-4-6-14(3)11(10)16/h9-10H,4-8H2,1-3H3,(H,17,18). The third-order valence-corrected chi connectivity index (χ3v) is 4.70. The number of amides is 1. The molecule has 0 aromatic carbocycles. The van der Waals surface area contributed by atoms with Gasteiger partial charge in [-0.15, -0.1) is 0 Å². The molecule has 2 fully saturated rings. The molecular weight excluding hydrogens is 232 g/mol. The molecule has 18 heavy (non-hydrogen) atoms. The topological polar surface area (TPSA) is 60.9 Å². The average molecular weight is 254 g/mol. The summed E-state index contributed by atoms with van der Waals surface area (Å²) in [5, 5.41) is 9.49. The Hall–Kier alpha value is -1.10. The molecule has 0 aromatic rings. The molecule has 1 amide bonds. The van der Waals surface area contributed by atoms with E-state index in [0.29, 0.717) is 19.5 Å². The van der Waals surface area contributed by atoms with E-state index in [1.807, 2.05) is 20.9 Å². The molecule has 2 heterocycles. The van der Waals surface area contributed by atoms with E-state index >= 15 is 0 Å². The summed E-state index contributed by atoms with van der Waals surface area (Å²) in [6.07, 6.45) is 1.47. The molecule has 2 rings (SSSR count). The highest BCUT2D eigenvalue weighted by Gasteiger charge is 2.50. The molecule has 5 nitrogen and oxygen atoms in total. The zero-order valence-electron chi connectivity index (χ0n) is 11.3. The smallest absolute Gasteiger partial charge is 0.311 e. The highest BCUT2D eigenvalue weighted by atomic mass is 16.4. The van der Waals surface area contributed by atoms with Gasteiger partial charge in [0.25, 0.3) is 0 Å². The van der Waals surface area contributed by atoms with Gasteiger partial charge in [-0.2, -0.15) is 0 Å². The lowest BCUT2D eigenvalue weighted by Crippen LogP contribution is -2.44. The molecule has 2 atom stereocenters. The van der Waals surface area contributed by atoms with Gasteiger partial charge in [-0.3, -0.25) is 14.5 Å². The van der Waals surface area contributed by atoms with Crippen molar-refractivity contribution in [3.63, 3.8) is 0 Å². The third kappa shape index (κ3) is 1.90. The van der Waals surface area contributed by atoms with Crippen molar-refractivity contribution in [1.82, 2.24) is 9.80 Å². The average Bonchev–Trinajstić information content (AvgIpc) is 2.86. The third-order valence-electron chi connectivity index (χ3n) is 4.70. The van der Waals surface area contributed by atoms with Crippen molar-refractivity contribution in [3.05, 3.63) is 0 Å². The molecule has 0 spiro atoms. The second-order valence-corrected chi connectivity index (χ2v) is 5.90. The number of hydrogen-bond acceptors (Lipinski definition) is 3. The number of carbonyl (C=O) groups excluding carboxylic acids is 1. The summed E-state index contributed by atoms with van der Waals surface area (Å²) in [4.78, 5) is 27.3. The molecular formula is C13H22N2O3. The molecule has 2 aliphatic heterocycles. The molecule has 2 saturated heterocycles. The van der Waals surface area contributed by atoms with Gasteiger partial charge in [0.05, 0.1) is 11.5 Å². The summed E-state index contributed by atoms with van der Waals surface area (Å²) in [7, 11) is 1.81. The quantitative estimate of drug-likeness (QED) is 0.803. The lowest BCUT2D eigenvalue weighted by Gasteiger charge is -2.30. The number of aliphatic carboxylic acids is 1. The van der Waals surface area contributed by atoms with E-state index in [2.05, 4.69) is 4.90 Å². The van der Waals surface area contributed by atoms with Crippen molar-refractivity contribution < 1.29 is 14.7 Å². The number of carboxylic acids is 1. The molecule has 0 radical (unpaired) electrons. The number of nitrogens with zero attached hydrogens (tertiary/aromatic N) is 2. The van der Waals surface area contributed by atoms with E-state index in [1.165, 1.54) is 0 Å².